The Labute approximate surface area is 70.5 Å². The van der Waals surface area contributed by atoms with E-state index in [0.29, 0.717) is 0 Å². The van der Waals surface area contributed by atoms with E-state index in [9.17, 15) is 17.8 Å². The zero-order chi connectivity index (χ0) is 8.91. The van der Waals surface area contributed by atoms with Crippen LogP contribution in [0.1, 0.15) is 0 Å². The van der Waals surface area contributed by atoms with Crippen molar-refractivity contribution < 1.29 is 22.5 Å². The fraction of sp³-hybridized carbons (Fsp3) is 0.400. The fourth-order valence-electron chi connectivity index (χ4n) is 0.303. The predicted octanol–water partition coefficient (Wildman–Crippen LogP) is -0.363. The van der Waals surface area contributed by atoms with Gasteiger partial charge in [-0.1, -0.05) is 6.58 Å². The molecule has 0 aromatic carbocycles. The van der Waals surface area contributed by atoms with Crippen LogP contribution in [0.15, 0.2) is 12.7 Å². The average Bonchev–Trinajstić information content (AvgIpc) is 1.85. The van der Waals surface area contributed by atoms with E-state index < -0.39 is 28.4 Å². The highest BCUT2D eigenvalue weighted by Crippen LogP contribution is 1.84. The smallest absolute Gasteiger partial charge is 0.330 e. The van der Waals surface area contributed by atoms with Gasteiger partial charge < -0.3 is 15.4 Å². The van der Waals surface area contributed by atoms with Gasteiger partial charge in [-0.25, -0.2) is 13.2 Å². The summed E-state index contributed by atoms with van der Waals surface area (Å²) in [5.41, 5.74) is 0. The lowest BCUT2D eigenvalue weighted by molar-refractivity contribution is -0.137. The Morgan fingerprint density at radius 1 is 1.58 bits per heavy atom. The van der Waals surface area contributed by atoms with Gasteiger partial charge in [-0.05, 0) is 0 Å². The highest BCUT2D eigenvalue weighted by Gasteiger charge is 1.98. The molecule has 0 aromatic rings. The van der Waals surface area contributed by atoms with Gasteiger partial charge in [0.1, 0.15) is 6.61 Å². The molecule has 6 nitrogen and oxygen atoms in total. The number of rotatable bonds is 4. The molecule has 0 unspecified atom stereocenters. The summed E-state index contributed by atoms with van der Waals surface area (Å²) in [6.45, 7) is 2.65. The maximum absolute atomic E-state index is 10.3. The summed E-state index contributed by atoms with van der Waals surface area (Å²) in [4.78, 5) is 10.3. The summed E-state index contributed by atoms with van der Waals surface area (Å²) in [6, 6.07) is 0. The Hall–Kier alpha value is -0.920. The second-order valence-corrected chi connectivity index (χ2v) is 3.16. The van der Waals surface area contributed by atoms with E-state index in [0.717, 1.165) is 6.08 Å². The minimum atomic E-state index is -4.29. The molecular weight excluding hydrogens is 186 g/mol. The monoisotopic (exact) mass is 197 g/mol. The molecule has 0 amide bonds. The van der Waals surface area contributed by atoms with Crippen LogP contribution in [0.4, 0.5) is 0 Å². The summed E-state index contributed by atoms with van der Waals surface area (Å²) >= 11 is 0. The molecule has 0 atom stereocenters. The Morgan fingerprint density at radius 2 is 2.08 bits per heavy atom. The van der Waals surface area contributed by atoms with Crippen molar-refractivity contribution in [3.63, 3.8) is 0 Å². The SMILES string of the molecule is C=CC(=O)OCCS(=O)(=O)[O-].[NH4+]. The molecule has 12 heavy (non-hydrogen) atoms. The van der Waals surface area contributed by atoms with Gasteiger partial charge in [0.15, 0.2) is 0 Å². The highest BCUT2D eigenvalue weighted by atomic mass is 32.2. The molecule has 0 bridgehead atoms. The normalized spacial score (nSPS) is 9.75. The first-order chi connectivity index (χ1) is 4.95. The van der Waals surface area contributed by atoms with Crippen LogP contribution >= 0.6 is 0 Å². The minimum absolute atomic E-state index is 0. The van der Waals surface area contributed by atoms with Gasteiger partial charge in [0, 0.05) is 6.08 Å². The van der Waals surface area contributed by atoms with Crippen LogP contribution in [-0.2, 0) is 19.6 Å². The van der Waals surface area contributed by atoms with E-state index in [-0.39, 0.29) is 6.15 Å². The van der Waals surface area contributed by atoms with Crippen LogP contribution in [-0.4, -0.2) is 31.3 Å². The van der Waals surface area contributed by atoms with Crippen LogP contribution in [0.25, 0.3) is 0 Å². The summed E-state index contributed by atoms with van der Waals surface area (Å²) in [5, 5.41) is 0. The molecule has 7 heteroatoms. The molecule has 0 aliphatic carbocycles. The lowest BCUT2D eigenvalue weighted by atomic mass is 10.6. The standard InChI is InChI=1S/C5H8O5S.H3N/c1-2-5(6)10-3-4-11(7,8)9;/h2H,1,3-4H2,(H,7,8,9);1H3. The molecule has 0 rings (SSSR count). The fourth-order valence-corrected chi connectivity index (χ4v) is 0.591. The zero-order valence-corrected chi connectivity index (χ0v) is 7.46. The molecular formula is C5H11NO5S. The largest absolute Gasteiger partial charge is 0.748 e. The van der Waals surface area contributed by atoms with E-state index in [1.165, 1.54) is 0 Å². The molecule has 72 valence electrons. The van der Waals surface area contributed by atoms with Gasteiger partial charge in [0.05, 0.1) is 15.9 Å². The third-order valence-electron chi connectivity index (χ3n) is 0.744. The topological polar surface area (TPSA) is 120 Å². The lowest BCUT2D eigenvalue weighted by Gasteiger charge is -2.05. The molecule has 0 heterocycles. The number of hydrogen-bond acceptors (Lipinski definition) is 5. The Bertz CT molecular complexity index is 245. The quantitative estimate of drug-likeness (QED) is 0.374. The van der Waals surface area contributed by atoms with Crippen molar-refractivity contribution in [2.75, 3.05) is 12.4 Å². The van der Waals surface area contributed by atoms with E-state index in [2.05, 4.69) is 11.3 Å². The number of hydrogen-bond donors (Lipinski definition) is 1. The Morgan fingerprint density at radius 3 is 2.42 bits per heavy atom. The summed E-state index contributed by atoms with van der Waals surface area (Å²) in [5.74, 6) is -1.44. The van der Waals surface area contributed by atoms with Crippen molar-refractivity contribution >= 4 is 16.1 Å². The van der Waals surface area contributed by atoms with E-state index >= 15 is 0 Å². The zero-order valence-electron chi connectivity index (χ0n) is 6.65. The first kappa shape index (κ1) is 13.7. The maximum atomic E-state index is 10.3. The van der Waals surface area contributed by atoms with Crippen LogP contribution in [0.3, 0.4) is 0 Å². The van der Waals surface area contributed by atoms with Crippen molar-refractivity contribution in [1.82, 2.24) is 6.15 Å². The van der Waals surface area contributed by atoms with Crippen molar-refractivity contribution in [2.24, 2.45) is 0 Å². The number of quaternary nitrogens is 1. The lowest BCUT2D eigenvalue weighted by Crippen LogP contribution is -2.13. The molecule has 0 radical (unpaired) electrons. The summed E-state index contributed by atoms with van der Waals surface area (Å²) in [7, 11) is -4.29. The predicted molar refractivity (Wildman–Crippen MR) is 41.7 cm³/mol. The third-order valence-corrected chi connectivity index (χ3v) is 1.41. The Kier molecular flexibility index (Phi) is 6.48. The van der Waals surface area contributed by atoms with Gasteiger partial charge in [-0.2, -0.15) is 0 Å². The molecule has 0 aromatic heterocycles. The number of carbonyl (C=O) groups excluding carboxylic acids is 1. The van der Waals surface area contributed by atoms with Crippen molar-refractivity contribution in [1.29, 1.82) is 0 Å². The van der Waals surface area contributed by atoms with Crippen LogP contribution in [0.5, 0.6) is 0 Å². The molecule has 0 saturated carbocycles. The van der Waals surface area contributed by atoms with Crippen LogP contribution in [0.2, 0.25) is 0 Å². The van der Waals surface area contributed by atoms with E-state index in [1.807, 2.05) is 0 Å². The van der Waals surface area contributed by atoms with Crippen LogP contribution < -0.4 is 6.15 Å². The molecule has 4 N–H and O–H groups in total. The number of esters is 1. The van der Waals surface area contributed by atoms with Gasteiger partial charge >= 0.3 is 5.97 Å². The van der Waals surface area contributed by atoms with E-state index in [1.54, 1.807) is 0 Å². The number of carbonyl (C=O) groups is 1. The third kappa shape index (κ3) is 9.08. The number of ether oxygens (including phenoxy) is 1. The first-order valence-electron chi connectivity index (χ1n) is 2.68. The van der Waals surface area contributed by atoms with Gasteiger partial charge in [-0.15, -0.1) is 0 Å². The second kappa shape index (κ2) is 5.70. The van der Waals surface area contributed by atoms with Crippen LogP contribution in [0, 0.1) is 0 Å². The molecule has 0 aliphatic rings. The first-order valence-corrected chi connectivity index (χ1v) is 4.26. The molecule has 0 saturated heterocycles. The van der Waals surface area contributed by atoms with Gasteiger partial charge in [0.2, 0.25) is 0 Å². The molecule has 0 fully saturated rings. The van der Waals surface area contributed by atoms with Crippen molar-refractivity contribution in [2.45, 2.75) is 0 Å². The van der Waals surface area contributed by atoms with Crippen molar-refractivity contribution in [3.8, 4) is 0 Å². The molecule has 0 spiro atoms. The summed E-state index contributed by atoms with van der Waals surface area (Å²) in [6.07, 6.45) is 0.886. The minimum Gasteiger partial charge on any atom is -0.748 e. The summed E-state index contributed by atoms with van der Waals surface area (Å²) < 4.78 is 34.0. The Balaban J connectivity index is 0. The van der Waals surface area contributed by atoms with Gasteiger partial charge in [0.25, 0.3) is 0 Å². The van der Waals surface area contributed by atoms with Crippen molar-refractivity contribution in [3.05, 3.63) is 12.7 Å². The maximum Gasteiger partial charge on any atom is 0.330 e. The van der Waals surface area contributed by atoms with Gasteiger partial charge in [-0.3, -0.25) is 0 Å². The molecule has 0 aliphatic heterocycles. The average molecular weight is 197 g/mol. The second-order valence-electron chi connectivity index (χ2n) is 1.63. The highest BCUT2D eigenvalue weighted by molar-refractivity contribution is 7.85. The van der Waals surface area contributed by atoms with E-state index in [4.69, 9.17) is 0 Å².